The van der Waals surface area contributed by atoms with E-state index in [2.05, 4.69) is 19.1 Å². The van der Waals surface area contributed by atoms with Gasteiger partial charge in [-0.05, 0) is 24.5 Å². The third kappa shape index (κ3) is 13.0. The lowest BCUT2D eigenvalue weighted by Crippen LogP contribution is -1.93. The number of para-hydroxylation sites is 1. The van der Waals surface area contributed by atoms with Gasteiger partial charge in [0.25, 0.3) is 0 Å². The van der Waals surface area contributed by atoms with Gasteiger partial charge >= 0.3 is 0 Å². The van der Waals surface area contributed by atoms with Crippen molar-refractivity contribution in [3.05, 3.63) is 29.8 Å². The molecule has 0 bridgehead atoms. The van der Waals surface area contributed by atoms with Crippen molar-refractivity contribution in [2.24, 2.45) is 0 Å². The van der Waals surface area contributed by atoms with Crippen LogP contribution in [0.3, 0.4) is 0 Å². The van der Waals surface area contributed by atoms with E-state index < -0.39 is 0 Å². The normalized spacial score (nSPS) is 11.1. The molecule has 1 heteroatoms. The SMILES string of the molecule is CCCCCCCCCCCCCCCCCCc1ccccc1N. The summed E-state index contributed by atoms with van der Waals surface area (Å²) in [5, 5.41) is 0. The van der Waals surface area contributed by atoms with Gasteiger partial charge in [-0.25, -0.2) is 0 Å². The lowest BCUT2D eigenvalue weighted by Gasteiger charge is -2.05. The second-order valence-corrected chi connectivity index (χ2v) is 7.75. The maximum atomic E-state index is 5.99. The van der Waals surface area contributed by atoms with Crippen molar-refractivity contribution in [2.45, 2.75) is 116 Å². The molecule has 0 saturated heterocycles. The van der Waals surface area contributed by atoms with Gasteiger partial charge in [0.05, 0.1) is 0 Å². The molecule has 0 saturated carbocycles. The Hall–Kier alpha value is -0.980. The summed E-state index contributed by atoms with van der Waals surface area (Å²) >= 11 is 0. The number of hydrogen-bond donors (Lipinski definition) is 1. The first kappa shape index (κ1) is 22.1. The monoisotopic (exact) mass is 345 g/mol. The number of aryl methyl sites for hydroxylation is 1. The molecule has 0 atom stereocenters. The number of unbranched alkanes of at least 4 members (excludes halogenated alkanes) is 15. The molecule has 0 aromatic heterocycles. The Morgan fingerprint density at radius 2 is 0.960 bits per heavy atom. The number of rotatable bonds is 17. The van der Waals surface area contributed by atoms with E-state index in [1.807, 2.05) is 12.1 Å². The van der Waals surface area contributed by atoms with Crippen molar-refractivity contribution < 1.29 is 0 Å². The Morgan fingerprint density at radius 3 is 1.40 bits per heavy atom. The highest BCUT2D eigenvalue weighted by molar-refractivity contribution is 5.46. The minimum absolute atomic E-state index is 0.962. The highest BCUT2D eigenvalue weighted by Crippen LogP contribution is 2.16. The molecular formula is C24H43N. The first-order chi connectivity index (χ1) is 12.3. The number of nitrogen functional groups attached to an aromatic ring is 1. The molecule has 1 aromatic carbocycles. The van der Waals surface area contributed by atoms with Crippen LogP contribution >= 0.6 is 0 Å². The van der Waals surface area contributed by atoms with E-state index in [9.17, 15) is 0 Å². The van der Waals surface area contributed by atoms with Crippen LogP contribution in [0.5, 0.6) is 0 Å². The summed E-state index contributed by atoms with van der Waals surface area (Å²) in [5.74, 6) is 0. The average molecular weight is 346 g/mol. The van der Waals surface area contributed by atoms with Crippen molar-refractivity contribution >= 4 is 5.69 Å². The third-order valence-corrected chi connectivity index (χ3v) is 5.35. The van der Waals surface area contributed by atoms with Crippen molar-refractivity contribution in [2.75, 3.05) is 5.73 Å². The lowest BCUT2D eigenvalue weighted by atomic mass is 10.0. The molecule has 1 rings (SSSR count). The summed E-state index contributed by atoms with van der Waals surface area (Å²) in [6.07, 6.45) is 24.0. The zero-order valence-electron chi connectivity index (χ0n) is 16.9. The quantitative estimate of drug-likeness (QED) is 0.224. The molecule has 0 spiro atoms. The van der Waals surface area contributed by atoms with E-state index in [-0.39, 0.29) is 0 Å². The summed E-state index contributed by atoms with van der Waals surface area (Å²) in [4.78, 5) is 0. The van der Waals surface area contributed by atoms with Gasteiger partial charge in [0.2, 0.25) is 0 Å². The van der Waals surface area contributed by atoms with Gasteiger partial charge in [0.15, 0.2) is 0 Å². The molecule has 1 aromatic rings. The van der Waals surface area contributed by atoms with Gasteiger partial charge in [-0.3, -0.25) is 0 Å². The molecule has 0 radical (unpaired) electrons. The van der Waals surface area contributed by atoms with Gasteiger partial charge in [-0.1, -0.05) is 121 Å². The van der Waals surface area contributed by atoms with Crippen molar-refractivity contribution in [3.63, 3.8) is 0 Å². The first-order valence-corrected chi connectivity index (χ1v) is 11.2. The number of nitrogens with two attached hydrogens (primary N) is 1. The molecule has 2 N–H and O–H groups in total. The Bertz CT molecular complexity index is 399. The van der Waals surface area contributed by atoms with Gasteiger partial charge in [0, 0.05) is 5.69 Å². The minimum atomic E-state index is 0.962. The first-order valence-electron chi connectivity index (χ1n) is 11.2. The highest BCUT2D eigenvalue weighted by Gasteiger charge is 1.98. The summed E-state index contributed by atoms with van der Waals surface area (Å²) in [5.41, 5.74) is 8.28. The van der Waals surface area contributed by atoms with Gasteiger partial charge in [-0.15, -0.1) is 0 Å². The van der Waals surface area contributed by atoms with Crippen LogP contribution in [0.2, 0.25) is 0 Å². The maximum absolute atomic E-state index is 5.99. The van der Waals surface area contributed by atoms with E-state index >= 15 is 0 Å². The summed E-state index contributed by atoms with van der Waals surface area (Å²) in [7, 11) is 0. The zero-order chi connectivity index (χ0) is 18.0. The van der Waals surface area contributed by atoms with Crippen LogP contribution in [0.25, 0.3) is 0 Å². The molecule has 0 amide bonds. The molecule has 0 aliphatic carbocycles. The predicted molar refractivity (Wildman–Crippen MR) is 114 cm³/mol. The predicted octanol–water partition coefficient (Wildman–Crippen LogP) is 8.07. The summed E-state index contributed by atoms with van der Waals surface area (Å²) in [6, 6.07) is 8.30. The maximum Gasteiger partial charge on any atom is 0.0346 e. The molecule has 1 nitrogen and oxygen atoms in total. The number of hydrogen-bond acceptors (Lipinski definition) is 1. The number of anilines is 1. The second-order valence-electron chi connectivity index (χ2n) is 7.75. The fraction of sp³-hybridized carbons (Fsp3) is 0.750. The van der Waals surface area contributed by atoms with Crippen LogP contribution in [-0.2, 0) is 6.42 Å². The van der Waals surface area contributed by atoms with Crippen molar-refractivity contribution in [1.29, 1.82) is 0 Å². The molecular weight excluding hydrogens is 302 g/mol. The zero-order valence-corrected chi connectivity index (χ0v) is 16.9. The molecule has 25 heavy (non-hydrogen) atoms. The van der Waals surface area contributed by atoms with Gasteiger partial charge in [0.1, 0.15) is 0 Å². The number of benzene rings is 1. The molecule has 0 heterocycles. The van der Waals surface area contributed by atoms with E-state index in [1.54, 1.807) is 0 Å². The molecule has 0 aliphatic heterocycles. The van der Waals surface area contributed by atoms with Crippen LogP contribution in [-0.4, -0.2) is 0 Å². The Morgan fingerprint density at radius 1 is 0.560 bits per heavy atom. The molecule has 144 valence electrons. The molecule has 0 unspecified atom stereocenters. The third-order valence-electron chi connectivity index (χ3n) is 5.35. The smallest absolute Gasteiger partial charge is 0.0346 e. The molecule has 0 fully saturated rings. The average Bonchev–Trinajstić information content (AvgIpc) is 2.63. The van der Waals surface area contributed by atoms with Crippen LogP contribution in [0.4, 0.5) is 5.69 Å². The Labute approximate surface area is 157 Å². The minimum Gasteiger partial charge on any atom is -0.399 e. The van der Waals surface area contributed by atoms with Gasteiger partial charge in [-0.2, -0.15) is 0 Å². The van der Waals surface area contributed by atoms with E-state index in [0.717, 1.165) is 12.1 Å². The van der Waals surface area contributed by atoms with E-state index in [1.165, 1.54) is 108 Å². The van der Waals surface area contributed by atoms with Gasteiger partial charge < -0.3 is 5.73 Å². The highest BCUT2D eigenvalue weighted by atomic mass is 14.6. The van der Waals surface area contributed by atoms with E-state index in [4.69, 9.17) is 5.73 Å². The van der Waals surface area contributed by atoms with Crippen LogP contribution in [0.1, 0.15) is 115 Å². The summed E-state index contributed by atoms with van der Waals surface area (Å²) in [6.45, 7) is 2.29. The van der Waals surface area contributed by atoms with Crippen molar-refractivity contribution in [1.82, 2.24) is 0 Å². The Balaban J connectivity index is 1.75. The van der Waals surface area contributed by atoms with Crippen LogP contribution in [0, 0.1) is 0 Å². The van der Waals surface area contributed by atoms with Crippen LogP contribution in [0.15, 0.2) is 24.3 Å². The van der Waals surface area contributed by atoms with Crippen LogP contribution < -0.4 is 5.73 Å². The lowest BCUT2D eigenvalue weighted by molar-refractivity contribution is 0.529. The molecule has 0 aliphatic rings. The fourth-order valence-corrected chi connectivity index (χ4v) is 3.63. The summed E-state index contributed by atoms with van der Waals surface area (Å²) < 4.78 is 0. The Kier molecular flexibility index (Phi) is 14.5. The van der Waals surface area contributed by atoms with E-state index in [0.29, 0.717) is 0 Å². The standard InChI is InChI=1S/C24H43N/c1-2-3-4-5-6-7-8-9-10-11-12-13-14-15-16-17-20-23-21-18-19-22-24(23)25/h18-19,21-22H,2-17,20,25H2,1H3. The fourth-order valence-electron chi connectivity index (χ4n) is 3.63. The largest absolute Gasteiger partial charge is 0.399 e. The van der Waals surface area contributed by atoms with Crippen molar-refractivity contribution in [3.8, 4) is 0 Å². The topological polar surface area (TPSA) is 26.0 Å². The second kappa shape index (κ2) is 16.5.